The molecule has 0 atom stereocenters. The summed E-state index contributed by atoms with van der Waals surface area (Å²) in [4.78, 5) is 0. The topological polar surface area (TPSA) is 63.0 Å². The summed E-state index contributed by atoms with van der Waals surface area (Å²) in [5.41, 5.74) is 0. The third-order valence-corrected chi connectivity index (χ3v) is 0. The Balaban J connectivity index is 0. The summed E-state index contributed by atoms with van der Waals surface area (Å²) >= 11 is 0. The molecule has 0 unspecified atom stereocenters. The number of rotatable bonds is 0. The molecule has 2 nitrogen and oxygen atoms in total. The van der Waals surface area contributed by atoms with Gasteiger partial charge in [0.1, 0.15) is 0 Å². The summed E-state index contributed by atoms with van der Waals surface area (Å²) in [5.74, 6) is 0. The van der Waals surface area contributed by atoms with E-state index in [0.717, 1.165) is 0 Å². The molecule has 8 heteroatoms. The van der Waals surface area contributed by atoms with E-state index in [4.69, 9.17) is 0 Å². The Hall–Kier alpha value is 2.40. The van der Waals surface area contributed by atoms with Crippen molar-refractivity contribution in [3.8, 4) is 0 Å². The minimum absolute atomic E-state index is 0. The van der Waals surface area contributed by atoms with E-state index < -0.39 is 0 Å². The maximum absolute atomic E-state index is 0. The van der Waals surface area contributed by atoms with E-state index in [0.29, 0.717) is 0 Å². The van der Waals surface area contributed by atoms with Crippen molar-refractivity contribution in [1.82, 2.24) is 0 Å². The van der Waals surface area contributed by atoms with E-state index in [1.807, 2.05) is 0 Å². The van der Waals surface area contributed by atoms with E-state index in [1.165, 1.54) is 0 Å². The predicted octanol–water partition coefficient (Wildman–Crippen LogP) is -13.6. The summed E-state index contributed by atoms with van der Waals surface area (Å²) < 4.78 is 0. The molecule has 0 radical (unpaired) electrons. The predicted molar refractivity (Wildman–Crippen MR) is 7.23 cm³/mol. The molecular formula is H4Cl4O2Pd2. The molecule has 0 spiro atoms. The van der Waals surface area contributed by atoms with Crippen LogP contribution in [-0.2, 0) is 40.8 Å². The second-order valence-electron chi connectivity index (χ2n) is 0. The van der Waals surface area contributed by atoms with Crippen molar-refractivity contribution in [2.75, 3.05) is 0 Å². The van der Waals surface area contributed by atoms with Gasteiger partial charge in [-0.1, -0.05) is 0 Å². The van der Waals surface area contributed by atoms with E-state index in [9.17, 15) is 0 Å². The zero-order valence-electron chi connectivity index (χ0n) is 3.14. The van der Waals surface area contributed by atoms with Crippen LogP contribution >= 0.6 is 0 Å². The quantitative estimate of drug-likeness (QED) is 0.369. The van der Waals surface area contributed by atoms with Crippen LogP contribution < -0.4 is 49.6 Å². The van der Waals surface area contributed by atoms with E-state index in [2.05, 4.69) is 0 Å². The molecule has 0 aromatic carbocycles. The second kappa shape index (κ2) is 115. The average molecular weight is 391 g/mol. The SMILES string of the molecule is O.O.[Cl-].[Cl-].[Cl-].[Cl-].[Pd+2].[Pd+2]. The Morgan fingerprint density at radius 3 is 0.375 bits per heavy atom. The standard InChI is InChI=1S/4ClH.2H2O.2Pd/h4*1H;2*1H2;;/q;;;;;;2*+2/p-4. The van der Waals surface area contributed by atoms with Gasteiger partial charge in [0.15, 0.2) is 0 Å². The Labute approximate surface area is 101 Å². The molecule has 0 aliphatic rings. The zero-order chi connectivity index (χ0) is 0. The van der Waals surface area contributed by atoms with Gasteiger partial charge in [0, 0.05) is 0 Å². The van der Waals surface area contributed by atoms with Crippen LogP contribution in [0.25, 0.3) is 0 Å². The molecule has 8 heavy (non-hydrogen) atoms. The Morgan fingerprint density at radius 1 is 0.375 bits per heavy atom. The van der Waals surface area contributed by atoms with Crippen molar-refractivity contribution >= 4 is 0 Å². The molecule has 64 valence electrons. The van der Waals surface area contributed by atoms with Gasteiger partial charge in [-0.3, -0.25) is 0 Å². The average Bonchev–Trinajstić information content (AvgIpc) is 0. The van der Waals surface area contributed by atoms with Crippen LogP contribution in [0.15, 0.2) is 0 Å². The molecule has 0 aromatic rings. The van der Waals surface area contributed by atoms with Crippen LogP contribution in [0.1, 0.15) is 0 Å². The van der Waals surface area contributed by atoms with Gasteiger partial charge in [-0.05, 0) is 0 Å². The molecule has 0 saturated heterocycles. The third-order valence-electron chi connectivity index (χ3n) is 0. The van der Waals surface area contributed by atoms with Gasteiger partial charge in [-0.25, -0.2) is 0 Å². The van der Waals surface area contributed by atoms with Crippen LogP contribution in [0.2, 0.25) is 0 Å². The molecule has 0 saturated carbocycles. The summed E-state index contributed by atoms with van der Waals surface area (Å²) in [6.45, 7) is 0. The molecular weight excluding hydrogens is 387 g/mol. The minimum Gasteiger partial charge on any atom is -1.00 e. The van der Waals surface area contributed by atoms with Gasteiger partial charge in [0.25, 0.3) is 0 Å². The van der Waals surface area contributed by atoms with E-state index >= 15 is 0 Å². The van der Waals surface area contributed by atoms with Gasteiger partial charge < -0.3 is 60.6 Å². The molecule has 0 aliphatic carbocycles. The van der Waals surface area contributed by atoms with Gasteiger partial charge in [-0.15, -0.1) is 0 Å². The molecule has 0 fully saturated rings. The Morgan fingerprint density at radius 2 is 0.375 bits per heavy atom. The third kappa shape index (κ3) is 79.7. The van der Waals surface area contributed by atoms with Gasteiger partial charge >= 0.3 is 40.8 Å². The molecule has 0 rings (SSSR count). The van der Waals surface area contributed by atoms with Crippen molar-refractivity contribution in [3.05, 3.63) is 0 Å². The fourth-order valence-electron chi connectivity index (χ4n) is 0. The molecule has 0 bridgehead atoms. The molecule has 4 N–H and O–H groups in total. The molecule has 0 aliphatic heterocycles. The Bertz CT molecular complexity index is 12.0. The van der Waals surface area contributed by atoms with Crippen LogP contribution in [0, 0.1) is 0 Å². The first-order valence-corrected chi connectivity index (χ1v) is 0. The summed E-state index contributed by atoms with van der Waals surface area (Å²) in [7, 11) is 0. The summed E-state index contributed by atoms with van der Waals surface area (Å²) in [5, 5.41) is 0. The molecule has 0 amide bonds. The van der Waals surface area contributed by atoms with Crippen LogP contribution in [0.3, 0.4) is 0 Å². The fourth-order valence-corrected chi connectivity index (χ4v) is 0. The molecule has 0 heterocycles. The maximum Gasteiger partial charge on any atom is 2.00 e. The van der Waals surface area contributed by atoms with Gasteiger partial charge in [0.05, 0.1) is 0 Å². The van der Waals surface area contributed by atoms with Crippen molar-refractivity contribution in [2.24, 2.45) is 0 Å². The van der Waals surface area contributed by atoms with Crippen molar-refractivity contribution in [2.45, 2.75) is 0 Å². The van der Waals surface area contributed by atoms with Crippen LogP contribution in [0.5, 0.6) is 0 Å². The summed E-state index contributed by atoms with van der Waals surface area (Å²) in [6, 6.07) is 0. The zero-order valence-corrected chi connectivity index (χ0v) is 9.28. The first-order chi connectivity index (χ1) is 0. The molecule has 0 aromatic heterocycles. The largest absolute Gasteiger partial charge is 2.00 e. The summed E-state index contributed by atoms with van der Waals surface area (Å²) in [6.07, 6.45) is 0. The number of halogens is 4. The van der Waals surface area contributed by atoms with Gasteiger partial charge in [-0.2, -0.15) is 0 Å². The van der Waals surface area contributed by atoms with E-state index in [1.54, 1.807) is 0 Å². The maximum atomic E-state index is 0. The van der Waals surface area contributed by atoms with Crippen molar-refractivity contribution < 1.29 is 101 Å². The Kier molecular flexibility index (Phi) is 2290. The first-order valence-electron chi connectivity index (χ1n) is 0. The van der Waals surface area contributed by atoms with E-state index in [-0.39, 0.29) is 101 Å². The second-order valence-corrected chi connectivity index (χ2v) is 0. The van der Waals surface area contributed by atoms with Crippen molar-refractivity contribution in [3.63, 3.8) is 0 Å². The smallest absolute Gasteiger partial charge is 1.00 e. The van der Waals surface area contributed by atoms with Crippen LogP contribution in [0.4, 0.5) is 0 Å². The monoisotopic (exact) mass is 388 g/mol. The minimum atomic E-state index is 0. The first kappa shape index (κ1) is 159. The number of hydrogen-bond donors (Lipinski definition) is 0. The number of hydrogen-bond acceptors (Lipinski definition) is 0. The normalized spacial score (nSPS) is 0. The van der Waals surface area contributed by atoms with Crippen molar-refractivity contribution in [1.29, 1.82) is 0 Å². The fraction of sp³-hybridized carbons (Fsp3) is 0. The van der Waals surface area contributed by atoms with Crippen LogP contribution in [-0.4, -0.2) is 11.0 Å². The van der Waals surface area contributed by atoms with Gasteiger partial charge in [0.2, 0.25) is 0 Å².